The highest BCUT2D eigenvalue weighted by atomic mass is 32.2. The number of nitrogens with zero attached hydrogens (tertiary/aromatic N) is 1. The van der Waals surface area contributed by atoms with Crippen LogP contribution in [0.1, 0.15) is 12.8 Å². The van der Waals surface area contributed by atoms with E-state index in [0.29, 0.717) is 12.3 Å². The Labute approximate surface area is 146 Å². The van der Waals surface area contributed by atoms with Crippen LogP contribution in [0.3, 0.4) is 0 Å². The van der Waals surface area contributed by atoms with Gasteiger partial charge in [0.05, 0.1) is 6.54 Å². The maximum atomic E-state index is 12.5. The highest BCUT2D eigenvalue weighted by Crippen LogP contribution is 2.34. The molecule has 24 heavy (non-hydrogen) atoms. The van der Waals surface area contributed by atoms with Crippen molar-refractivity contribution < 1.29 is 14.3 Å². The van der Waals surface area contributed by atoms with Crippen molar-refractivity contribution >= 4 is 23.6 Å². The van der Waals surface area contributed by atoms with Crippen LogP contribution < -0.4 is 15.4 Å². The minimum absolute atomic E-state index is 0.0313. The predicted molar refractivity (Wildman–Crippen MR) is 93.3 cm³/mol. The molecule has 2 heterocycles. The summed E-state index contributed by atoms with van der Waals surface area (Å²) < 4.78 is 5.83. The van der Waals surface area contributed by atoms with Gasteiger partial charge < -0.3 is 15.4 Å². The molecule has 1 aromatic carbocycles. The van der Waals surface area contributed by atoms with E-state index in [-0.39, 0.29) is 17.9 Å². The number of thioether (sulfide) groups is 1. The Morgan fingerprint density at radius 1 is 1.29 bits per heavy atom. The number of fused-ring (bicyclic) bond motifs is 1. The smallest absolute Gasteiger partial charge is 0.262 e. The van der Waals surface area contributed by atoms with Crippen molar-refractivity contribution in [3.63, 3.8) is 0 Å². The number of para-hydroxylation sites is 1. The molecule has 0 saturated carbocycles. The number of rotatable bonds is 4. The molecule has 0 radical (unpaired) electrons. The molecule has 2 aliphatic rings. The van der Waals surface area contributed by atoms with Crippen LogP contribution in [0.4, 0.5) is 0 Å². The van der Waals surface area contributed by atoms with Crippen LogP contribution in [0.5, 0.6) is 5.75 Å². The van der Waals surface area contributed by atoms with Crippen molar-refractivity contribution in [2.75, 3.05) is 32.4 Å². The van der Waals surface area contributed by atoms with E-state index in [2.05, 4.69) is 15.5 Å². The molecular formula is C17H23N3O3S. The van der Waals surface area contributed by atoms with Crippen LogP contribution in [0.15, 0.2) is 29.2 Å². The lowest BCUT2D eigenvalue weighted by Gasteiger charge is -2.33. The fourth-order valence-corrected chi connectivity index (χ4v) is 3.94. The molecule has 1 atom stereocenters. The van der Waals surface area contributed by atoms with Crippen LogP contribution in [-0.2, 0) is 9.59 Å². The summed E-state index contributed by atoms with van der Waals surface area (Å²) in [4.78, 5) is 27.1. The second kappa shape index (κ2) is 7.90. The fraction of sp³-hybridized carbons (Fsp3) is 0.529. The molecule has 0 aromatic heterocycles. The minimum atomic E-state index is -0.436. The average molecular weight is 349 g/mol. The zero-order valence-corrected chi connectivity index (χ0v) is 14.6. The zero-order chi connectivity index (χ0) is 16.9. The van der Waals surface area contributed by atoms with E-state index in [1.807, 2.05) is 24.3 Å². The number of likely N-dealkylation sites (tertiary alicyclic amines) is 1. The van der Waals surface area contributed by atoms with E-state index in [0.717, 1.165) is 36.6 Å². The third-order valence-electron chi connectivity index (χ3n) is 4.38. The van der Waals surface area contributed by atoms with E-state index in [4.69, 9.17) is 4.74 Å². The number of carbonyl (C=O) groups excluding carboxylic acids is 2. The first-order valence-electron chi connectivity index (χ1n) is 8.27. The molecule has 1 fully saturated rings. The van der Waals surface area contributed by atoms with Gasteiger partial charge in [0.2, 0.25) is 5.91 Å². The highest BCUT2D eigenvalue weighted by molar-refractivity contribution is 7.99. The van der Waals surface area contributed by atoms with Crippen molar-refractivity contribution in [3.05, 3.63) is 24.3 Å². The maximum absolute atomic E-state index is 12.5. The number of hydrogen-bond acceptors (Lipinski definition) is 5. The number of carbonyl (C=O) groups is 2. The molecule has 7 heteroatoms. The summed E-state index contributed by atoms with van der Waals surface area (Å²) >= 11 is 1.66. The summed E-state index contributed by atoms with van der Waals surface area (Å²) in [6.07, 6.45) is 1.28. The highest BCUT2D eigenvalue weighted by Gasteiger charge is 2.29. The molecule has 3 rings (SSSR count). The van der Waals surface area contributed by atoms with Gasteiger partial charge in [-0.25, -0.2) is 0 Å². The van der Waals surface area contributed by atoms with E-state index >= 15 is 0 Å². The van der Waals surface area contributed by atoms with Gasteiger partial charge in [0.1, 0.15) is 5.75 Å². The Balaban J connectivity index is 1.46. The van der Waals surface area contributed by atoms with Crippen LogP contribution >= 0.6 is 11.8 Å². The van der Waals surface area contributed by atoms with Gasteiger partial charge in [-0.2, -0.15) is 0 Å². The summed E-state index contributed by atoms with van der Waals surface area (Å²) in [6.45, 7) is 2.07. The average Bonchev–Trinajstić information content (AvgIpc) is 2.62. The van der Waals surface area contributed by atoms with Crippen molar-refractivity contribution in [2.45, 2.75) is 29.9 Å². The molecule has 130 valence electrons. The first-order valence-corrected chi connectivity index (χ1v) is 9.26. The summed E-state index contributed by atoms with van der Waals surface area (Å²) in [5.41, 5.74) is 0. The van der Waals surface area contributed by atoms with E-state index in [1.165, 1.54) is 0 Å². The lowest BCUT2D eigenvalue weighted by molar-refractivity contribution is -0.128. The Kier molecular flexibility index (Phi) is 5.63. The van der Waals surface area contributed by atoms with Crippen molar-refractivity contribution in [1.82, 2.24) is 15.5 Å². The molecule has 2 N–H and O–H groups in total. The number of piperidine rings is 1. The van der Waals surface area contributed by atoms with Gasteiger partial charge in [-0.05, 0) is 25.0 Å². The third kappa shape index (κ3) is 4.21. The standard InChI is InChI=1S/C17H23N3O3S/c1-18-16(21)10-20-8-6-12(7-9-20)19-17(22)14-11-24-15-5-3-2-4-13(15)23-14/h2-5,12,14H,6-11H2,1H3,(H,18,21)(H,19,22)/t14-/m1/s1. The van der Waals surface area contributed by atoms with Crippen LogP contribution in [0.25, 0.3) is 0 Å². The first-order chi connectivity index (χ1) is 11.7. The number of hydrogen-bond donors (Lipinski definition) is 2. The lowest BCUT2D eigenvalue weighted by Crippen LogP contribution is -2.50. The number of likely N-dealkylation sites (N-methyl/N-ethyl adjacent to an activating group) is 1. The van der Waals surface area contributed by atoms with E-state index in [9.17, 15) is 9.59 Å². The minimum Gasteiger partial charge on any atom is -0.479 e. The van der Waals surface area contributed by atoms with Gasteiger partial charge in [0.25, 0.3) is 5.91 Å². The zero-order valence-electron chi connectivity index (χ0n) is 13.8. The predicted octanol–water partition coefficient (Wildman–Crippen LogP) is 0.866. The van der Waals surface area contributed by atoms with Crippen LogP contribution in [-0.4, -0.2) is 61.3 Å². The molecule has 2 amide bonds. The van der Waals surface area contributed by atoms with Gasteiger partial charge in [-0.1, -0.05) is 12.1 Å². The van der Waals surface area contributed by atoms with E-state index < -0.39 is 6.10 Å². The monoisotopic (exact) mass is 349 g/mol. The van der Waals surface area contributed by atoms with Gasteiger partial charge >= 0.3 is 0 Å². The molecule has 2 aliphatic heterocycles. The lowest BCUT2D eigenvalue weighted by atomic mass is 10.0. The maximum Gasteiger partial charge on any atom is 0.262 e. The van der Waals surface area contributed by atoms with Gasteiger partial charge in [-0.15, -0.1) is 11.8 Å². The summed E-state index contributed by atoms with van der Waals surface area (Å²) in [6, 6.07) is 7.96. The summed E-state index contributed by atoms with van der Waals surface area (Å²) in [7, 11) is 1.65. The first kappa shape index (κ1) is 17.1. The van der Waals surface area contributed by atoms with Crippen LogP contribution in [0.2, 0.25) is 0 Å². The van der Waals surface area contributed by atoms with Crippen molar-refractivity contribution in [3.8, 4) is 5.75 Å². The molecular weight excluding hydrogens is 326 g/mol. The van der Waals surface area contributed by atoms with Crippen molar-refractivity contribution in [2.24, 2.45) is 0 Å². The number of ether oxygens (including phenoxy) is 1. The second-order valence-corrected chi connectivity index (χ2v) is 7.16. The Morgan fingerprint density at radius 3 is 2.79 bits per heavy atom. The fourth-order valence-electron chi connectivity index (χ4n) is 2.96. The SMILES string of the molecule is CNC(=O)CN1CCC(NC(=O)[C@H]2CSc3ccccc3O2)CC1. The molecule has 0 bridgehead atoms. The number of amides is 2. The molecule has 0 aliphatic carbocycles. The largest absolute Gasteiger partial charge is 0.479 e. The van der Waals surface area contributed by atoms with Crippen LogP contribution in [0, 0.1) is 0 Å². The number of nitrogens with one attached hydrogen (secondary N) is 2. The molecule has 0 unspecified atom stereocenters. The molecule has 1 saturated heterocycles. The van der Waals surface area contributed by atoms with Crippen molar-refractivity contribution in [1.29, 1.82) is 0 Å². The Morgan fingerprint density at radius 2 is 2.04 bits per heavy atom. The normalized spacial score (nSPS) is 21.5. The second-order valence-electron chi connectivity index (χ2n) is 6.10. The third-order valence-corrected chi connectivity index (χ3v) is 5.50. The topological polar surface area (TPSA) is 70.7 Å². The Hall–Kier alpha value is -1.73. The molecule has 6 nitrogen and oxygen atoms in total. The summed E-state index contributed by atoms with van der Waals surface area (Å²) in [5.74, 6) is 1.41. The number of benzene rings is 1. The summed E-state index contributed by atoms with van der Waals surface area (Å²) in [5, 5.41) is 5.74. The van der Waals surface area contributed by atoms with Gasteiger partial charge in [0, 0.05) is 36.8 Å². The van der Waals surface area contributed by atoms with E-state index in [1.54, 1.807) is 18.8 Å². The molecule has 0 spiro atoms. The van der Waals surface area contributed by atoms with Gasteiger partial charge in [-0.3, -0.25) is 14.5 Å². The van der Waals surface area contributed by atoms with Gasteiger partial charge in [0.15, 0.2) is 6.10 Å². The molecule has 1 aromatic rings. The quantitative estimate of drug-likeness (QED) is 0.844. The Bertz CT molecular complexity index is 602.